The average Bonchev–Trinajstić information content (AvgIpc) is 2.68. The fourth-order valence-electron chi connectivity index (χ4n) is 4.06. The number of rotatable bonds is 0. The van der Waals surface area contributed by atoms with Gasteiger partial charge in [-0.1, -0.05) is 36.4 Å². The van der Waals surface area contributed by atoms with Crippen LogP contribution in [0.15, 0.2) is 48.2 Å². The van der Waals surface area contributed by atoms with Crippen LogP contribution in [0.25, 0.3) is 10.8 Å². The zero-order valence-corrected chi connectivity index (χ0v) is 11.6. The van der Waals surface area contributed by atoms with Crippen molar-refractivity contribution in [1.82, 2.24) is 0 Å². The topological polar surface area (TPSA) is 3.24 Å². The summed E-state index contributed by atoms with van der Waals surface area (Å²) in [5.41, 5.74) is 4.65. The van der Waals surface area contributed by atoms with Crippen molar-refractivity contribution in [3.05, 3.63) is 53.7 Å². The highest BCUT2D eigenvalue weighted by Crippen LogP contribution is 2.54. The summed E-state index contributed by atoms with van der Waals surface area (Å²) in [6, 6.07) is 13.4. The van der Waals surface area contributed by atoms with Gasteiger partial charge in [-0.2, -0.15) is 0 Å². The van der Waals surface area contributed by atoms with E-state index < -0.39 is 0 Å². The van der Waals surface area contributed by atoms with E-state index in [1.54, 1.807) is 5.56 Å². The van der Waals surface area contributed by atoms with Crippen LogP contribution in [0.5, 0.6) is 0 Å². The third kappa shape index (κ3) is 1.30. The number of nitrogens with zero attached hydrogens (tertiary/aromatic N) is 1. The number of benzene rings is 2. The Balaban J connectivity index is 2.12. The first kappa shape index (κ1) is 11.1. The van der Waals surface area contributed by atoms with Crippen LogP contribution < -0.4 is 4.90 Å². The first-order chi connectivity index (χ1) is 9.22. The fourth-order valence-corrected chi connectivity index (χ4v) is 4.06. The predicted octanol–water partition coefficient (Wildman–Crippen LogP) is 4.62. The molecular formula is C18H19N. The lowest BCUT2D eigenvalue weighted by atomic mass is 9.73. The average molecular weight is 249 g/mol. The molecule has 1 heterocycles. The summed E-state index contributed by atoms with van der Waals surface area (Å²) < 4.78 is 0. The molecule has 0 saturated carbocycles. The zero-order chi connectivity index (χ0) is 13.0. The SMILES string of the molecule is CN1C2=CCCCC2(C)c2c1ccc1ccccc21. The number of hydrogen-bond acceptors (Lipinski definition) is 1. The second kappa shape index (κ2) is 3.63. The Bertz CT molecular complexity index is 698. The van der Waals surface area contributed by atoms with Gasteiger partial charge in [-0.25, -0.2) is 0 Å². The van der Waals surface area contributed by atoms with E-state index in [9.17, 15) is 0 Å². The summed E-state index contributed by atoms with van der Waals surface area (Å²) in [5, 5.41) is 2.79. The summed E-state index contributed by atoms with van der Waals surface area (Å²) in [5.74, 6) is 0. The van der Waals surface area contributed by atoms with Gasteiger partial charge in [-0.3, -0.25) is 0 Å². The number of anilines is 1. The van der Waals surface area contributed by atoms with Crippen molar-refractivity contribution in [2.45, 2.75) is 31.6 Å². The van der Waals surface area contributed by atoms with E-state index in [-0.39, 0.29) is 5.41 Å². The number of hydrogen-bond donors (Lipinski definition) is 0. The Morgan fingerprint density at radius 1 is 1.11 bits per heavy atom. The van der Waals surface area contributed by atoms with Gasteiger partial charge in [0.1, 0.15) is 0 Å². The highest BCUT2D eigenvalue weighted by molar-refractivity contribution is 5.94. The van der Waals surface area contributed by atoms with Crippen LogP contribution in [0.1, 0.15) is 31.7 Å². The summed E-state index contributed by atoms with van der Waals surface area (Å²) >= 11 is 0. The van der Waals surface area contributed by atoms with Gasteiger partial charge in [-0.05, 0) is 48.6 Å². The molecule has 0 saturated heterocycles. The minimum absolute atomic E-state index is 0.212. The molecule has 0 spiro atoms. The molecule has 2 aliphatic rings. The Morgan fingerprint density at radius 2 is 1.95 bits per heavy atom. The molecule has 1 aliphatic carbocycles. The number of allylic oxidation sites excluding steroid dienone is 2. The van der Waals surface area contributed by atoms with E-state index in [1.807, 2.05) is 0 Å². The van der Waals surface area contributed by atoms with Crippen LogP contribution in [0.3, 0.4) is 0 Å². The first-order valence-corrected chi connectivity index (χ1v) is 7.18. The number of likely N-dealkylation sites (N-methyl/N-ethyl adjacent to an activating group) is 1. The fraction of sp³-hybridized carbons (Fsp3) is 0.333. The molecule has 1 unspecified atom stereocenters. The molecule has 0 amide bonds. The molecule has 4 rings (SSSR count). The highest BCUT2D eigenvalue weighted by atomic mass is 15.2. The van der Waals surface area contributed by atoms with Gasteiger partial charge in [0.25, 0.3) is 0 Å². The minimum atomic E-state index is 0.212. The molecule has 1 heteroatoms. The van der Waals surface area contributed by atoms with Crippen molar-refractivity contribution < 1.29 is 0 Å². The molecule has 0 radical (unpaired) electrons. The molecule has 19 heavy (non-hydrogen) atoms. The maximum Gasteiger partial charge on any atom is 0.0454 e. The molecule has 1 atom stereocenters. The van der Waals surface area contributed by atoms with Crippen LogP contribution in [-0.2, 0) is 5.41 Å². The molecule has 1 nitrogen and oxygen atoms in total. The predicted molar refractivity (Wildman–Crippen MR) is 81.6 cm³/mol. The first-order valence-electron chi connectivity index (χ1n) is 7.18. The summed E-state index contributed by atoms with van der Waals surface area (Å²) in [6.07, 6.45) is 6.24. The summed E-state index contributed by atoms with van der Waals surface area (Å²) in [4.78, 5) is 2.40. The number of fused-ring (bicyclic) bond motifs is 5. The van der Waals surface area contributed by atoms with Gasteiger partial charge in [0, 0.05) is 23.8 Å². The van der Waals surface area contributed by atoms with E-state index in [0.717, 1.165) is 0 Å². The van der Waals surface area contributed by atoms with Crippen LogP contribution in [0.2, 0.25) is 0 Å². The largest absolute Gasteiger partial charge is 0.347 e. The van der Waals surface area contributed by atoms with Gasteiger partial charge in [-0.15, -0.1) is 0 Å². The molecule has 0 fully saturated rings. The van der Waals surface area contributed by atoms with Crippen molar-refractivity contribution in [3.8, 4) is 0 Å². The van der Waals surface area contributed by atoms with E-state index in [4.69, 9.17) is 0 Å². The van der Waals surface area contributed by atoms with E-state index in [2.05, 4.69) is 61.3 Å². The zero-order valence-electron chi connectivity index (χ0n) is 11.6. The normalized spacial score (nSPS) is 25.2. The van der Waals surface area contributed by atoms with Crippen molar-refractivity contribution in [2.75, 3.05) is 11.9 Å². The van der Waals surface area contributed by atoms with E-state index in [0.29, 0.717) is 0 Å². The molecule has 0 aromatic heterocycles. The van der Waals surface area contributed by atoms with Crippen molar-refractivity contribution in [3.63, 3.8) is 0 Å². The lowest BCUT2D eigenvalue weighted by Crippen LogP contribution is -2.28. The van der Waals surface area contributed by atoms with E-state index >= 15 is 0 Å². The van der Waals surface area contributed by atoms with Crippen molar-refractivity contribution in [2.24, 2.45) is 0 Å². The minimum Gasteiger partial charge on any atom is -0.347 e. The van der Waals surface area contributed by atoms with Crippen LogP contribution in [-0.4, -0.2) is 7.05 Å². The van der Waals surface area contributed by atoms with Crippen LogP contribution in [0, 0.1) is 0 Å². The van der Waals surface area contributed by atoms with Gasteiger partial charge >= 0.3 is 0 Å². The maximum atomic E-state index is 2.44. The highest BCUT2D eigenvalue weighted by Gasteiger charge is 2.43. The van der Waals surface area contributed by atoms with Gasteiger partial charge < -0.3 is 4.90 Å². The third-order valence-corrected chi connectivity index (χ3v) is 4.97. The maximum absolute atomic E-state index is 2.44. The second-order valence-electron chi connectivity index (χ2n) is 6.05. The van der Waals surface area contributed by atoms with Crippen LogP contribution >= 0.6 is 0 Å². The molecule has 2 aromatic rings. The lowest BCUT2D eigenvalue weighted by molar-refractivity contribution is 0.478. The molecular weight excluding hydrogens is 230 g/mol. The van der Waals surface area contributed by atoms with Gasteiger partial charge in [0.2, 0.25) is 0 Å². The summed E-state index contributed by atoms with van der Waals surface area (Å²) in [6.45, 7) is 2.42. The van der Waals surface area contributed by atoms with Gasteiger partial charge in [0.15, 0.2) is 0 Å². The Labute approximate surface area is 114 Å². The molecule has 96 valence electrons. The van der Waals surface area contributed by atoms with Crippen molar-refractivity contribution >= 4 is 16.5 Å². The monoisotopic (exact) mass is 249 g/mol. The smallest absolute Gasteiger partial charge is 0.0454 e. The van der Waals surface area contributed by atoms with Gasteiger partial charge in [0.05, 0.1) is 0 Å². The summed E-state index contributed by atoms with van der Waals surface area (Å²) in [7, 11) is 2.22. The quantitative estimate of drug-likeness (QED) is 0.658. The Kier molecular flexibility index (Phi) is 2.12. The second-order valence-corrected chi connectivity index (χ2v) is 6.05. The molecule has 0 N–H and O–H groups in total. The standard InChI is InChI=1S/C18H19N/c1-18-12-6-5-9-16(18)19(2)15-11-10-13-7-3-4-8-14(13)17(15)18/h3-4,7-11H,5-6,12H2,1-2H3. The Morgan fingerprint density at radius 3 is 2.84 bits per heavy atom. The molecule has 1 aliphatic heterocycles. The molecule has 2 aromatic carbocycles. The van der Waals surface area contributed by atoms with E-state index in [1.165, 1.54) is 41.4 Å². The third-order valence-electron chi connectivity index (χ3n) is 4.97. The van der Waals surface area contributed by atoms with Crippen LogP contribution in [0.4, 0.5) is 5.69 Å². The Hall–Kier alpha value is -1.76. The molecule has 0 bridgehead atoms. The van der Waals surface area contributed by atoms with Crippen molar-refractivity contribution in [1.29, 1.82) is 0 Å². The lowest BCUT2D eigenvalue weighted by Gasteiger charge is -2.32.